The molecule has 0 bridgehead atoms. The first-order chi connectivity index (χ1) is 16.4. The first kappa shape index (κ1) is 22.8. The Balaban J connectivity index is 1.44. The second-order valence-electron chi connectivity index (χ2n) is 9.52. The van der Waals surface area contributed by atoms with Crippen LogP contribution in [0.25, 0.3) is 27.3 Å². The summed E-state index contributed by atoms with van der Waals surface area (Å²) in [5.74, 6) is 1.58. The molecule has 1 saturated heterocycles. The first-order valence-electron chi connectivity index (χ1n) is 11.7. The van der Waals surface area contributed by atoms with E-state index in [9.17, 15) is 4.79 Å². The Morgan fingerprint density at radius 3 is 2.76 bits per heavy atom. The summed E-state index contributed by atoms with van der Waals surface area (Å²) in [6, 6.07) is 2.01. The molecule has 5 heterocycles. The van der Waals surface area contributed by atoms with Gasteiger partial charge in [-0.05, 0) is 38.9 Å². The smallest absolute Gasteiger partial charge is 0.236 e. The number of rotatable bonds is 6. The molecule has 1 aliphatic heterocycles. The Morgan fingerprint density at radius 1 is 1.32 bits per heavy atom. The van der Waals surface area contributed by atoms with Crippen LogP contribution < -0.4 is 4.74 Å². The van der Waals surface area contributed by atoms with Gasteiger partial charge in [-0.25, -0.2) is 14.5 Å². The number of nitrogens with zero attached hydrogens (tertiary/aromatic N) is 6. The first-order valence-corrected chi connectivity index (χ1v) is 12.5. The van der Waals surface area contributed by atoms with Crippen molar-refractivity contribution >= 4 is 33.2 Å². The number of likely N-dealkylation sites (N-methyl/N-ethyl adjacent to an activating group) is 1. The largest absolute Gasteiger partial charge is 0.493 e. The summed E-state index contributed by atoms with van der Waals surface area (Å²) in [6.07, 6.45) is 5.43. The second kappa shape index (κ2) is 8.99. The highest BCUT2D eigenvalue weighted by molar-refractivity contribution is 7.18. The Hall–Kier alpha value is -2.98. The topological polar surface area (TPSA) is 91.7 Å². The lowest BCUT2D eigenvalue weighted by molar-refractivity contribution is -0.132. The van der Waals surface area contributed by atoms with E-state index >= 15 is 0 Å². The van der Waals surface area contributed by atoms with E-state index in [1.807, 2.05) is 36.2 Å². The number of hydrogen-bond acceptors (Lipinski definition) is 7. The summed E-state index contributed by atoms with van der Waals surface area (Å²) >= 11 is 1.74. The van der Waals surface area contributed by atoms with Gasteiger partial charge in [-0.3, -0.25) is 4.79 Å². The van der Waals surface area contributed by atoms with Crippen LogP contribution in [0.15, 0.2) is 18.6 Å². The van der Waals surface area contributed by atoms with Crippen LogP contribution in [-0.4, -0.2) is 81.1 Å². The van der Waals surface area contributed by atoms with Gasteiger partial charge in [-0.2, -0.15) is 5.10 Å². The number of aromatic nitrogens is 5. The number of fused-ring (bicyclic) bond motifs is 2. The number of pyridine rings is 1. The van der Waals surface area contributed by atoms with Crippen molar-refractivity contribution in [1.29, 1.82) is 0 Å². The summed E-state index contributed by atoms with van der Waals surface area (Å²) in [6.45, 7) is 6.46. The van der Waals surface area contributed by atoms with E-state index in [1.165, 1.54) is 16.9 Å². The normalized spacial score (nSPS) is 15.3. The highest BCUT2D eigenvalue weighted by atomic mass is 32.1. The van der Waals surface area contributed by atoms with Gasteiger partial charge in [0.1, 0.15) is 16.7 Å². The van der Waals surface area contributed by atoms with Crippen LogP contribution in [0.2, 0.25) is 0 Å². The van der Waals surface area contributed by atoms with E-state index in [4.69, 9.17) is 9.72 Å². The summed E-state index contributed by atoms with van der Waals surface area (Å²) in [7, 11) is 5.52. The van der Waals surface area contributed by atoms with Gasteiger partial charge in [-0.1, -0.05) is 13.8 Å². The number of carbonyl (C=O) groups is 1. The van der Waals surface area contributed by atoms with Crippen molar-refractivity contribution < 1.29 is 9.53 Å². The molecule has 34 heavy (non-hydrogen) atoms. The minimum Gasteiger partial charge on any atom is -0.493 e. The number of H-pyrrole nitrogens is 1. The number of aromatic amines is 1. The van der Waals surface area contributed by atoms with E-state index in [1.54, 1.807) is 23.0 Å². The van der Waals surface area contributed by atoms with Gasteiger partial charge in [0.2, 0.25) is 5.91 Å². The fraction of sp³-hybridized carbons (Fsp3) is 0.500. The second-order valence-corrected chi connectivity index (χ2v) is 10.5. The summed E-state index contributed by atoms with van der Waals surface area (Å²) < 4.78 is 7.32. The SMILES string of the molecule is COc1cc(-c2[nH]c3sc(C4CCN(C(=O)CN(C)C)CC4)nc3c2C(C)C)cn2ncnc12. The fourth-order valence-corrected chi connectivity index (χ4v) is 5.95. The van der Waals surface area contributed by atoms with Gasteiger partial charge >= 0.3 is 0 Å². The molecule has 4 aromatic heterocycles. The zero-order valence-corrected chi connectivity index (χ0v) is 21.1. The standard InChI is InChI=1S/C24H31N7O2S/c1-14(2)19-20(16-10-17(33-5)22-25-13-26-31(22)11-16)27-24-21(19)28-23(34-24)15-6-8-30(9-7-15)18(32)12-29(3)4/h10-11,13-15,27H,6-9,12H2,1-5H3. The predicted molar refractivity (Wildman–Crippen MR) is 134 cm³/mol. The lowest BCUT2D eigenvalue weighted by Gasteiger charge is -2.31. The van der Waals surface area contributed by atoms with Crippen molar-refractivity contribution in [2.24, 2.45) is 0 Å². The maximum absolute atomic E-state index is 12.4. The van der Waals surface area contributed by atoms with Crippen molar-refractivity contribution in [3.8, 4) is 17.0 Å². The molecular weight excluding hydrogens is 450 g/mol. The average Bonchev–Trinajstić information content (AvgIpc) is 3.51. The van der Waals surface area contributed by atoms with Crippen LogP contribution in [0, 0.1) is 0 Å². The van der Waals surface area contributed by atoms with Crippen molar-refractivity contribution in [3.63, 3.8) is 0 Å². The number of amides is 1. The molecule has 180 valence electrons. The molecule has 0 atom stereocenters. The third-order valence-electron chi connectivity index (χ3n) is 6.48. The van der Waals surface area contributed by atoms with E-state index < -0.39 is 0 Å². The van der Waals surface area contributed by atoms with Crippen LogP contribution >= 0.6 is 11.3 Å². The van der Waals surface area contributed by atoms with Gasteiger partial charge < -0.3 is 19.5 Å². The van der Waals surface area contributed by atoms with Crippen molar-refractivity contribution in [3.05, 3.63) is 29.2 Å². The van der Waals surface area contributed by atoms with E-state index in [2.05, 4.69) is 28.9 Å². The average molecular weight is 482 g/mol. The van der Waals surface area contributed by atoms with Gasteiger partial charge in [0.15, 0.2) is 11.4 Å². The molecule has 0 spiro atoms. The van der Waals surface area contributed by atoms with Crippen LogP contribution in [0.3, 0.4) is 0 Å². The van der Waals surface area contributed by atoms with Crippen molar-refractivity contribution in [2.75, 3.05) is 40.8 Å². The molecule has 0 radical (unpaired) electrons. The number of hydrogen-bond donors (Lipinski definition) is 1. The Kier molecular flexibility index (Phi) is 6.03. The fourth-order valence-electron chi connectivity index (χ4n) is 4.80. The van der Waals surface area contributed by atoms with E-state index in [0.29, 0.717) is 29.8 Å². The summed E-state index contributed by atoms with van der Waals surface area (Å²) in [5, 5.41) is 5.47. The number of nitrogens with one attached hydrogen (secondary N) is 1. The van der Waals surface area contributed by atoms with E-state index in [0.717, 1.165) is 47.5 Å². The molecule has 1 N–H and O–H groups in total. The number of likely N-dealkylation sites (tertiary alicyclic amines) is 1. The lowest BCUT2D eigenvalue weighted by Crippen LogP contribution is -2.42. The minimum absolute atomic E-state index is 0.209. The molecule has 0 saturated carbocycles. The molecule has 1 amide bonds. The Labute approximate surface area is 202 Å². The maximum atomic E-state index is 12.4. The Bertz CT molecular complexity index is 1330. The lowest BCUT2D eigenvalue weighted by atomic mass is 9.97. The molecule has 9 nitrogen and oxygen atoms in total. The van der Waals surface area contributed by atoms with Crippen molar-refractivity contribution in [1.82, 2.24) is 34.4 Å². The van der Waals surface area contributed by atoms with Gasteiger partial charge in [0.05, 0.1) is 24.4 Å². The third kappa shape index (κ3) is 4.05. The monoisotopic (exact) mass is 481 g/mol. The number of carbonyl (C=O) groups excluding carboxylic acids is 1. The highest BCUT2D eigenvalue weighted by Gasteiger charge is 2.28. The molecular formula is C24H31N7O2S. The minimum atomic E-state index is 0.209. The number of methoxy groups -OCH3 is 1. The maximum Gasteiger partial charge on any atom is 0.236 e. The van der Waals surface area contributed by atoms with Gasteiger partial charge in [0, 0.05) is 36.3 Å². The molecule has 4 aromatic rings. The van der Waals surface area contributed by atoms with Crippen LogP contribution in [0.5, 0.6) is 5.75 Å². The number of piperidine rings is 1. The highest BCUT2D eigenvalue weighted by Crippen LogP contribution is 2.41. The van der Waals surface area contributed by atoms with Gasteiger partial charge in [-0.15, -0.1) is 11.3 Å². The van der Waals surface area contributed by atoms with Crippen molar-refractivity contribution in [2.45, 2.75) is 38.5 Å². The molecule has 0 aliphatic carbocycles. The van der Waals surface area contributed by atoms with E-state index in [-0.39, 0.29) is 5.91 Å². The molecule has 1 aliphatic rings. The molecule has 1 fully saturated rings. The predicted octanol–water partition coefficient (Wildman–Crippen LogP) is 3.73. The molecule has 5 rings (SSSR count). The zero-order valence-electron chi connectivity index (χ0n) is 20.3. The zero-order chi connectivity index (χ0) is 24.0. The summed E-state index contributed by atoms with van der Waals surface area (Å²) in [5.41, 5.74) is 5.00. The number of thiazole rings is 1. The van der Waals surface area contributed by atoms with Gasteiger partial charge in [0.25, 0.3) is 0 Å². The third-order valence-corrected chi connectivity index (χ3v) is 7.62. The van der Waals surface area contributed by atoms with Crippen LogP contribution in [0.1, 0.15) is 49.1 Å². The number of ether oxygens (including phenoxy) is 1. The molecule has 0 unspecified atom stereocenters. The van der Waals surface area contributed by atoms with Crippen LogP contribution in [0.4, 0.5) is 0 Å². The molecule has 10 heteroatoms. The Morgan fingerprint density at radius 2 is 2.09 bits per heavy atom. The molecule has 0 aromatic carbocycles. The van der Waals surface area contributed by atoms with Crippen LogP contribution in [-0.2, 0) is 4.79 Å². The quantitative estimate of drug-likeness (QED) is 0.451. The summed E-state index contributed by atoms with van der Waals surface area (Å²) in [4.78, 5) is 30.5.